The van der Waals surface area contributed by atoms with E-state index in [1.54, 1.807) is 13.8 Å². The number of hydrogen-bond donors (Lipinski definition) is 1. The normalized spacial score (nSPS) is 11.8. The van der Waals surface area contributed by atoms with Crippen LogP contribution in [0, 0.1) is 0 Å². The standard InChI is InChI=1S/C18H35NO4Si2/c1-15(2)17(20)19-11-9-13-24(5,6)23-25(7,8)14-10-12-22-18(21)16(3)4/h1,3,9-14H2,2,4-8H3,(H,19,20). The smallest absolute Gasteiger partial charge is 0.333 e. The van der Waals surface area contributed by atoms with Gasteiger partial charge in [-0.05, 0) is 65.0 Å². The topological polar surface area (TPSA) is 64.6 Å². The second-order valence-electron chi connectivity index (χ2n) is 7.78. The van der Waals surface area contributed by atoms with Gasteiger partial charge in [-0.15, -0.1) is 0 Å². The zero-order chi connectivity index (χ0) is 19.7. The Bertz CT molecular complexity index is 457. The SMILES string of the molecule is C=C(C)C(=O)NCCC[Si](C)(C)O[Si](C)(C)CCCOC(=O)C(=C)C. The molecule has 1 amide bonds. The summed E-state index contributed by atoms with van der Waals surface area (Å²) in [4.78, 5) is 22.8. The van der Waals surface area contributed by atoms with E-state index < -0.39 is 16.6 Å². The van der Waals surface area contributed by atoms with E-state index in [1.165, 1.54) is 0 Å². The van der Waals surface area contributed by atoms with Gasteiger partial charge in [-0.1, -0.05) is 13.2 Å². The highest BCUT2D eigenvalue weighted by molar-refractivity contribution is 6.84. The molecule has 5 nitrogen and oxygen atoms in total. The lowest BCUT2D eigenvalue weighted by atomic mass is 10.3. The van der Waals surface area contributed by atoms with E-state index in [1.807, 2.05) is 0 Å². The van der Waals surface area contributed by atoms with Gasteiger partial charge in [-0.25, -0.2) is 4.79 Å². The average Bonchev–Trinajstić information content (AvgIpc) is 2.46. The molecule has 25 heavy (non-hydrogen) atoms. The fourth-order valence-electron chi connectivity index (χ4n) is 2.50. The van der Waals surface area contributed by atoms with Gasteiger partial charge in [0.05, 0.1) is 6.61 Å². The number of amides is 1. The molecule has 1 N–H and O–H groups in total. The van der Waals surface area contributed by atoms with E-state index in [0.29, 0.717) is 24.3 Å². The minimum Gasteiger partial charge on any atom is -0.462 e. The number of rotatable bonds is 12. The Balaban J connectivity index is 4.14. The quantitative estimate of drug-likeness (QED) is 0.239. The number of carbonyl (C=O) groups excluding carboxylic acids is 2. The summed E-state index contributed by atoms with van der Waals surface area (Å²) in [6, 6.07) is 1.96. The Morgan fingerprint density at radius 3 is 1.92 bits per heavy atom. The van der Waals surface area contributed by atoms with Crippen LogP contribution in [0.4, 0.5) is 0 Å². The Morgan fingerprint density at radius 2 is 1.44 bits per heavy atom. The third-order valence-corrected chi connectivity index (χ3v) is 11.2. The number of carbonyl (C=O) groups is 2. The zero-order valence-electron chi connectivity index (χ0n) is 16.8. The maximum atomic E-state index is 11.5. The van der Waals surface area contributed by atoms with Crippen LogP contribution in [-0.4, -0.2) is 41.7 Å². The summed E-state index contributed by atoms with van der Waals surface area (Å²) in [5.74, 6) is -0.411. The molecule has 0 unspecified atom stereocenters. The molecule has 0 atom stereocenters. The number of hydrogen-bond acceptors (Lipinski definition) is 4. The number of nitrogens with one attached hydrogen (secondary N) is 1. The van der Waals surface area contributed by atoms with Crippen LogP contribution in [0.2, 0.25) is 38.3 Å². The molecule has 0 saturated heterocycles. The predicted octanol–water partition coefficient (Wildman–Crippen LogP) is 4.01. The van der Waals surface area contributed by atoms with E-state index in [9.17, 15) is 9.59 Å². The van der Waals surface area contributed by atoms with Gasteiger partial charge in [0.2, 0.25) is 5.91 Å². The van der Waals surface area contributed by atoms with Gasteiger partial charge in [0.1, 0.15) is 0 Å². The Hall–Kier alpha value is -1.19. The molecule has 0 radical (unpaired) electrons. The van der Waals surface area contributed by atoms with Crippen LogP contribution in [-0.2, 0) is 18.4 Å². The molecule has 144 valence electrons. The first-order chi connectivity index (χ1) is 11.4. The third-order valence-electron chi connectivity index (χ3n) is 3.69. The molecule has 0 spiro atoms. The first kappa shape index (κ1) is 23.8. The molecule has 0 aromatic heterocycles. The molecule has 0 fully saturated rings. The molecule has 0 saturated carbocycles. The van der Waals surface area contributed by atoms with Crippen LogP contribution in [0.1, 0.15) is 26.7 Å². The van der Waals surface area contributed by atoms with E-state index in [2.05, 4.69) is 44.7 Å². The van der Waals surface area contributed by atoms with Gasteiger partial charge >= 0.3 is 5.97 Å². The summed E-state index contributed by atoms with van der Waals surface area (Å²) >= 11 is 0. The van der Waals surface area contributed by atoms with Gasteiger partial charge in [0.15, 0.2) is 16.6 Å². The largest absolute Gasteiger partial charge is 0.462 e. The lowest BCUT2D eigenvalue weighted by molar-refractivity contribution is -0.138. The fourth-order valence-corrected chi connectivity index (χ4v) is 11.3. The van der Waals surface area contributed by atoms with Gasteiger partial charge in [-0.2, -0.15) is 0 Å². The lowest BCUT2D eigenvalue weighted by Gasteiger charge is -2.34. The predicted molar refractivity (Wildman–Crippen MR) is 108 cm³/mol. The van der Waals surface area contributed by atoms with E-state index in [-0.39, 0.29) is 11.9 Å². The highest BCUT2D eigenvalue weighted by atomic mass is 28.4. The van der Waals surface area contributed by atoms with Crippen molar-refractivity contribution in [2.45, 2.75) is 65.0 Å². The summed E-state index contributed by atoms with van der Waals surface area (Å²) in [5, 5.41) is 2.86. The summed E-state index contributed by atoms with van der Waals surface area (Å²) in [7, 11) is -3.56. The van der Waals surface area contributed by atoms with E-state index >= 15 is 0 Å². The van der Waals surface area contributed by atoms with Crippen LogP contribution in [0.3, 0.4) is 0 Å². The van der Waals surface area contributed by atoms with Gasteiger partial charge in [0, 0.05) is 17.7 Å². The molecular formula is C18H35NO4Si2. The number of ether oxygens (including phenoxy) is 1. The summed E-state index contributed by atoms with van der Waals surface area (Å²) in [6.45, 7) is 20.5. The Labute approximate surface area is 155 Å². The highest BCUT2D eigenvalue weighted by Crippen LogP contribution is 2.23. The highest BCUT2D eigenvalue weighted by Gasteiger charge is 2.32. The summed E-state index contributed by atoms with van der Waals surface area (Å²) in [6.07, 6.45) is 1.73. The first-order valence-corrected chi connectivity index (χ1v) is 15.1. The molecule has 0 aliphatic rings. The van der Waals surface area contributed by atoms with Crippen molar-refractivity contribution in [1.29, 1.82) is 0 Å². The van der Waals surface area contributed by atoms with Crippen molar-refractivity contribution in [3.63, 3.8) is 0 Å². The monoisotopic (exact) mass is 385 g/mol. The minimum atomic E-state index is -1.79. The van der Waals surface area contributed by atoms with Crippen LogP contribution in [0.15, 0.2) is 24.3 Å². The molecule has 7 heteroatoms. The van der Waals surface area contributed by atoms with Crippen molar-refractivity contribution in [2.75, 3.05) is 13.2 Å². The average molecular weight is 386 g/mol. The van der Waals surface area contributed by atoms with Gasteiger partial charge < -0.3 is 14.2 Å². The second-order valence-corrected chi connectivity index (χ2v) is 16.6. The van der Waals surface area contributed by atoms with Gasteiger partial charge in [0.25, 0.3) is 0 Å². The van der Waals surface area contributed by atoms with Crippen molar-refractivity contribution in [3.8, 4) is 0 Å². The zero-order valence-corrected chi connectivity index (χ0v) is 18.8. The minimum absolute atomic E-state index is 0.0839. The maximum absolute atomic E-state index is 11.5. The molecule has 0 aromatic carbocycles. The van der Waals surface area contributed by atoms with Crippen molar-refractivity contribution in [1.82, 2.24) is 5.32 Å². The fraction of sp³-hybridized carbons (Fsp3) is 0.667. The van der Waals surface area contributed by atoms with Crippen LogP contribution >= 0.6 is 0 Å². The summed E-state index contributed by atoms with van der Waals surface area (Å²) < 4.78 is 11.7. The van der Waals surface area contributed by atoms with E-state index in [0.717, 1.165) is 24.9 Å². The van der Waals surface area contributed by atoms with Crippen LogP contribution in [0.25, 0.3) is 0 Å². The number of esters is 1. The van der Waals surface area contributed by atoms with Crippen molar-refractivity contribution in [3.05, 3.63) is 24.3 Å². The molecule has 0 rings (SSSR count). The molecular weight excluding hydrogens is 350 g/mol. The molecule has 0 bridgehead atoms. The first-order valence-electron chi connectivity index (χ1n) is 8.83. The van der Waals surface area contributed by atoms with Gasteiger partial charge in [-0.3, -0.25) is 4.79 Å². The lowest BCUT2D eigenvalue weighted by Crippen LogP contribution is -2.44. The van der Waals surface area contributed by atoms with E-state index in [4.69, 9.17) is 8.85 Å². The van der Waals surface area contributed by atoms with Crippen molar-refractivity contribution >= 4 is 28.5 Å². The van der Waals surface area contributed by atoms with Crippen LogP contribution < -0.4 is 5.32 Å². The molecule has 0 aliphatic carbocycles. The Morgan fingerprint density at radius 1 is 0.920 bits per heavy atom. The third kappa shape index (κ3) is 11.9. The van der Waals surface area contributed by atoms with Crippen LogP contribution in [0.5, 0.6) is 0 Å². The Kier molecular flexibility index (Phi) is 10.2. The van der Waals surface area contributed by atoms with Crippen molar-refractivity contribution in [2.24, 2.45) is 0 Å². The summed E-state index contributed by atoms with van der Waals surface area (Å²) in [5.41, 5.74) is 0.966. The molecule has 0 heterocycles. The second kappa shape index (κ2) is 10.7. The molecule has 0 aliphatic heterocycles. The molecule has 0 aromatic rings. The van der Waals surface area contributed by atoms with Crippen molar-refractivity contribution < 1.29 is 18.4 Å². The maximum Gasteiger partial charge on any atom is 0.333 e.